The maximum atomic E-state index is 12.4. The lowest BCUT2D eigenvalue weighted by atomic mass is 9.72. The largest absolute Gasteiger partial charge is 0.370 e. The number of unbranched alkanes of at least 4 members (excludes halogenated alkanes) is 3. The molecular weight excluding hydrogens is 212 g/mol. The van der Waals surface area contributed by atoms with Crippen molar-refractivity contribution < 1.29 is 9.53 Å². The highest BCUT2D eigenvalue weighted by molar-refractivity contribution is 5.87. The number of carbonyl (C=O) groups is 1. The van der Waals surface area contributed by atoms with Crippen LogP contribution in [-0.4, -0.2) is 18.5 Å². The van der Waals surface area contributed by atoms with Gasteiger partial charge < -0.3 is 4.74 Å². The van der Waals surface area contributed by atoms with E-state index in [9.17, 15) is 4.79 Å². The lowest BCUT2D eigenvalue weighted by Crippen LogP contribution is -2.48. The fraction of sp³-hybridized carbons (Fsp3) is 0.933. The minimum absolute atomic E-state index is 0.350. The number of Topliss-reactive ketones (excluding diaryl/α,β-unsaturated/α-hetero) is 1. The van der Waals surface area contributed by atoms with Crippen LogP contribution < -0.4 is 0 Å². The molecule has 1 saturated carbocycles. The molecule has 0 radical (unpaired) electrons. The first-order valence-corrected chi connectivity index (χ1v) is 7.25. The molecule has 2 unspecified atom stereocenters. The zero-order chi connectivity index (χ0) is 12.7. The summed E-state index contributed by atoms with van der Waals surface area (Å²) in [4.78, 5) is 12.4. The summed E-state index contributed by atoms with van der Waals surface area (Å²) in [5, 5.41) is 0. The van der Waals surface area contributed by atoms with Crippen LogP contribution >= 0.6 is 0 Å². The Morgan fingerprint density at radius 3 is 2.65 bits per heavy atom. The van der Waals surface area contributed by atoms with E-state index >= 15 is 0 Å². The molecular formula is C15H28O2. The predicted molar refractivity (Wildman–Crippen MR) is 71.1 cm³/mol. The highest BCUT2D eigenvalue weighted by Crippen LogP contribution is 2.38. The number of ketones is 1. The van der Waals surface area contributed by atoms with Crippen molar-refractivity contribution in [3.8, 4) is 0 Å². The Hall–Kier alpha value is -0.370. The first-order chi connectivity index (χ1) is 8.17. The molecule has 100 valence electrons. The lowest BCUT2D eigenvalue weighted by Gasteiger charge is -2.40. The highest BCUT2D eigenvalue weighted by Gasteiger charge is 2.43. The molecule has 1 rings (SSSR count). The fourth-order valence-electron chi connectivity index (χ4n) is 3.07. The second-order valence-electron chi connectivity index (χ2n) is 5.47. The molecule has 0 heterocycles. The maximum absolute atomic E-state index is 12.4. The third kappa shape index (κ3) is 3.54. The van der Waals surface area contributed by atoms with Crippen molar-refractivity contribution >= 4 is 5.78 Å². The van der Waals surface area contributed by atoms with Gasteiger partial charge in [-0.3, -0.25) is 4.79 Å². The summed E-state index contributed by atoms with van der Waals surface area (Å²) in [7, 11) is 1.71. The zero-order valence-corrected chi connectivity index (χ0v) is 11.8. The van der Waals surface area contributed by atoms with Gasteiger partial charge in [0, 0.05) is 13.5 Å². The van der Waals surface area contributed by atoms with Gasteiger partial charge in [-0.15, -0.1) is 0 Å². The molecule has 1 fully saturated rings. The van der Waals surface area contributed by atoms with E-state index in [1.165, 1.54) is 25.7 Å². The molecule has 2 nitrogen and oxygen atoms in total. The number of hydrogen-bond acceptors (Lipinski definition) is 2. The summed E-state index contributed by atoms with van der Waals surface area (Å²) in [6.07, 6.45) is 9.82. The Morgan fingerprint density at radius 2 is 2.06 bits per heavy atom. The molecule has 0 aromatic rings. The third-order valence-corrected chi connectivity index (χ3v) is 4.32. The van der Waals surface area contributed by atoms with Crippen LogP contribution in [0.5, 0.6) is 0 Å². The van der Waals surface area contributed by atoms with Crippen molar-refractivity contribution in [3.05, 3.63) is 0 Å². The molecule has 0 bridgehead atoms. The van der Waals surface area contributed by atoms with Crippen molar-refractivity contribution in [2.24, 2.45) is 5.92 Å². The molecule has 0 aliphatic heterocycles. The quantitative estimate of drug-likeness (QED) is 0.626. The Balaban J connectivity index is 2.50. The van der Waals surface area contributed by atoms with Gasteiger partial charge >= 0.3 is 0 Å². The molecule has 1 aliphatic carbocycles. The minimum atomic E-state index is -0.454. The lowest BCUT2D eigenvalue weighted by molar-refractivity contribution is -0.152. The molecule has 2 heteroatoms. The summed E-state index contributed by atoms with van der Waals surface area (Å²) < 4.78 is 5.66. The van der Waals surface area contributed by atoms with Crippen LogP contribution in [0.3, 0.4) is 0 Å². The number of methoxy groups -OCH3 is 1. The van der Waals surface area contributed by atoms with Gasteiger partial charge in [-0.25, -0.2) is 0 Å². The molecule has 0 saturated heterocycles. The Kier molecular flexibility index (Phi) is 6.18. The van der Waals surface area contributed by atoms with Gasteiger partial charge in [0.1, 0.15) is 5.60 Å². The maximum Gasteiger partial charge on any atom is 0.164 e. The molecule has 0 N–H and O–H groups in total. The first kappa shape index (κ1) is 14.7. The van der Waals surface area contributed by atoms with Crippen LogP contribution in [0.25, 0.3) is 0 Å². The molecule has 0 aromatic heterocycles. The Morgan fingerprint density at radius 1 is 1.29 bits per heavy atom. The molecule has 1 aliphatic rings. The summed E-state index contributed by atoms with van der Waals surface area (Å²) in [5.41, 5.74) is -0.454. The van der Waals surface area contributed by atoms with E-state index in [-0.39, 0.29) is 0 Å². The first-order valence-electron chi connectivity index (χ1n) is 7.25. The second kappa shape index (κ2) is 7.15. The monoisotopic (exact) mass is 240 g/mol. The zero-order valence-electron chi connectivity index (χ0n) is 11.8. The van der Waals surface area contributed by atoms with E-state index in [0.717, 1.165) is 25.7 Å². The van der Waals surface area contributed by atoms with Crippen molar-refractivity contribution in [3.63, 3.8) is 0 Å². The molecule has 2 atom stereocenters. The fourth-order valence-corrected chi connectivity index (χ4v) is 3.07. The molecule has 0 amide bonds. The average molecular weight is 240 g/mol. The van der Waals surface area contributed by atoms with Crippen molar-refractivity contribution in [2.45, 2.75) is 77.2 Å². The molecule has 17 heavy (non-hydrogen) atoms. The van der Waals surface area contributed by atoms with Crippen LogP contribution in [0, 0.1) is 5.92 Å². The summed E-state index contributed by atoms with van der Waals surface area (Å²) in [6.45, 7) is 4.37. The standard InChI is InChI=1S/C15H28O2/c1-4-5-6-7-11-14(16)15(17-3)12-9-8-10-13(15)2/h13H,4-12H2,1-3H3. The van der Waals surface area contributed by atoms with E-state index in [1.807, 2.05) is 0 Å². The van der Waals surface area contributed by atoms with Gasteiger partial charge in [0.2, 0.25) is 0 Å². The van der Waals surface area contributed by atoms with Crippen LogP contribution in [0.1, 0.15) is 71.6 Å². The van der Waals surface area contributed by atoms with E-state index < -0.39 is 5.60 Å². The number of carbonyl (C=O) groups excluding carboxylic acids is 1. The van der Waals surface area contributed by atoms with Gasteiger partial charge in [0.25, 0.3) is 0 Å². The van der Waals surface area contributed by atoms with Crippen LogP contribution in [0.2, 0.25) is 0 Å². The average Bonchev–Trinajstić information content (AvgIpc) is 2.35. The van der Waals surface area contributed by atoms with Gasteiger partial charge in [-0.1, -0.05) is 46.0 Å². The summed E-state index contributed by atoms with van der Waals surface area (Å²) >= 11 is 0. The smallest absolute Gasteiger partial charge is 0.164 e. The Labute approximate surface area is 106 Å². The van der Waals surface area contributed by atoms with E-state index in [0.29, 0.717) is 18.1 Å². The topological polar surface area (TPSA) is 26.3 Å². The van der Waals surface area contributed by atoms with Crippen molar-refractivity contribution in [1.82, 2.24) is 0 Å². The molecule has 0 aromatic carbocycles. The molecule has 0 spiro atoms. The van der Waals surface area contributed by atoms with E-state index in [2.05, 4.69) is 13.8 Å². The van der Waals surface area contributed by atoms with Gasteiger partial charge in [-0.2, -0.15) is 0 Å². The van der Waals surface area contributed by atoms with Gasteiger partial charge in [-0.05, 0) is 25.2 Å². The van der Waals surface area contributed by atoms with Gasteiger partial charge in [0.15, 0.2) is 5.78 Å². The second-order valence-corrected chi connectivity index (χ2v) is 5.47. The Bertz CT molecular complexity index is 237. The summed E-state index contributed by atoms with van der Waals surface area (Å²) in [6, 6.07) is 0. The number of ether oxygens (including phenoxy) is 1. The third-order valence-electron chi connectivity index (χ3n) is 4.32. The van der Waals surface area contributed by atoms with E-state index in [1.54, 1.807) is 7.11 Å². The van der Waals surface area contributed by atoms with Crippen LogP contribution in [0.15, 0.2) is 0 Å². The number of rotatable bonds is 7. The van der Waals surface area contributed by atoms with Crippen molar-refractivity contribution in [1.29, 1.82) is 0 Å². The van der Waals surface area contributed by atoms with Crippen LogP contribution in [0.4, 0.5) is 0 Å². The highest BCUT2D eigenvalue weighted by atomic mass is 16.5. The number of hydrogen-bond donors (Lipinski definition) is 0. The minimum Gasteiger partial charge on any atom is -0.370 e. The normalized spacial score (nSPS) is 29.2. The van der Waals surface area contributed by atoms with Gasteiger partial charge in [0.05, 0.1) is 0 Å². The van der Waals surface area contributed by atoms with E-state index in [4.69, 9.17) is 4.74 Å². The van der Waals surface area contributed by atoms with Crippen molar-refractivity contribution in [2.75, 3.05) is 7.11 Å². The SMILES string of the molecule is CCCCCCC(=O)C1(OC)CCCCC1C. The predicted octanol–water partition coefficient (Wildman–Crippen LogP) is 4.12. The van der Waals surface area contributed by atoms with Crippen LogP contribution in [-0.2, 0) is 9.53 Å². The summed E-state index contributed by atoms with van der Waals surface area (Å²) in [5.74, 6) is 0.739.